The highest BCUT2D eigenvalue weighted by Crippen LogP contribution is 2.05. The Hall–Kier alpha value is -1.02. The molecule has 0 saturated heterocycles. The molecule has 0 rings (SSSR count). The lowest BCUT2D eigenvalue weighted by molar-refractivity contribution is -0.423. The van der Waals surface area contributed by atoms with Crippen LogP contribution >= 0.6 is 11.8 Å². The van der Waals surface area contributed by atoms with E-state index in [0.29, 0.717) is 0 Å². The number of rotatable bonds is 3. The monoisotopic (exact) mass is 158 g/mol. The zero-order valence-electron chi connectivity index (χ0n) is 5.40. The van der Waals surface area contributed by atoms with Crippen LogP contribution in [0.25, 0.3) is 0 Å². The average Bonchev–Trinajstić information content (AvgIpc) is 1.89. The van der Waals surface area contributed by atoms with Crippen molar-refractivity contribution in [2.45, 2.75) is 6.92 Å². The molecule has 0 aliphatic heterocycles. The fraction of sp³-hybridized carbons (Fsp3) is 0.400. The predicted octanol–water partition coefficient (Wildman–Crippen LogP) is 1.38. The Balaban J connectivity index is 3.89. The Labute approximate surface area is 62.7 Å². The number of thioether (sulfide) groups is 1. The van der Waals surface area contributed by atoms with Crippen LogP contribution in [0.5, 0.6) is 0 Å². The smallest absolute Gasteiger partial charge is 0.252 e. The molecule has 0 spiro atoms. The van der Waals surface area contributed by atoms with Gasteiger partial charge in [0.05, 0.1) is 10.7 Å². The lowest BCUT2D eigenvalue weighted by atomic mass is 10.5. The van der Waals surface area contributed by atoms with Crippen molar-refractivity contribution in [2.24, 2.45) is 0 Å². The van der Waals surface area contributed by atoms with E-state index in [0.717, 1.165) is 11.8 Å². The molecule has 10 heavy (non-hydrogen) atoms. The fourth-order valence-electron chi connectivity index (χ4n) is 0.348. The average molecular weight is 158 g/mol. The maximum atomic E-state index is 10.1. The number of nitro groups is 1. The molecule has 0 atom stereocenters. The number of hydrogen-bond donors (Lipinski definition) is 0. The van der Waals surface area contributed by atoms with E-state index in [1.54, 1.807) is 12.3 Å². The first-order chi connectivity index (χ1) is 4.72. The summed E-state index contributed by atoms with van der Waals surface area (Å²) in [5.41, 5.74) is 0.0755. The van der Waals surface area contributed by atoms with Crippen LogP contribution in [-0.4, -0.2) is 10.7 Å². The van der Waals surface area contributed by atoms with Gasteiger partial charge in [0.15, 0.2) is 0 Å². The summed E-state index contributed by atoms with van der Waals surface area (Å²) in [6.45, 7) is 1.58. The summed E-state index contributed by atoms with van der Waals surface area (Å²) < 4.78 is 0. The van der Waals surface area contributed by atoms with Gasteiger partial charge >= 0.3 is 0 Å². The Morgan fingerprint density at radius 3 is 2.90 bits per heavy atom. The number of allylic oxidation sites excluding steroid dienone is 1. The topological polar surface area (TPSA) is 66.9 Å². The zero-order valence-corrected chi connectivity index (χ0v) is 6.22. The van der Waals surface area contributed by atoms with Crippen LogP contribution < -0.4 is 0 Å². The Bertz CT molecular complexity index is 194. The molecule has 0 aliphatic carbocycles. The molecule has 0 bridgehead atoms. The van der Waals surface area contributed by atoms with Crippen molar-refractivity contribution in [2.75, 3.05) is 5.75 Å². The summed E-state index contributed by atoms with van der Waals surface area (Å²) in [6.07, 6.45) is 1.39. The molecule has 0 aliphatic rings. The van der Waals surface area contributed by atoms with Crippen molar-refractivity contribution in [3.8, 4) is 5.40 Å². The van der Waals surface area contributed by atoms with E-state index in [2.05, 4.69) is 0 Å². The van der Waals surface area contributed by atoms with Gasteiger partial charge in [0.25, 0.3) is 5.70 Å². The number of hydrogen-bond acceptors (Lipinski definition) is 4. The lowest BCUT2D eigenvalue weighted by Crippen LogP contribution is -1.99. The van der Waals surface area contributed by atoms with Crippen LogP contribution in [0.4, 0.5) is 0 Å². The molecule has 0 unspecified atom stereocenters. The van der Waals surface area contributed by atoms with E-state index >= 15 is 0 Å². The number of nitriles is 1. The molecule has 0 aromatic heterocycles. The zero-order chi connectivity index (χ0) is 7.98. The third-order valence-electron chi connectivity index (χ3n) is 0.852. The first-order valence-electron chi connectivity index (χ1n) is 2.52. The molecule has 0 aromatic carbocycles. The largest absolute Gasteiger partial charge is 0.259 e. The summed E-state index contributed by atoms with van der Waals surface area (Å²) in [5, 5.41) is 19.9. The number of thiocyanates is 1. The minimum absolute atomic E-state index is 0.0755. The van der Waals surface area contributed by atoms with Gasteiger partial charge in [-0.3, -0.25) is 10.1 Å². The van der Waals surface area contributed by atoms with Gasteiger partial charge in [-0.05, 0) is 24.8 Å². The summed E-state index contributed by atoms with van der Waals surface area (Å²) in [7, 11) is 0. The molecule has 0 N–H and O–H groups in total. The molecule has 54 valence electrons. The summed E-state index contributed by atoms with van der Waals surface area (Å²) in [5.74, 6) is 0.153. The summed E-state index contributed by atoms with van der Waals surface area (Å²) in [4.78, 5) is 9.57. The van der Waals surface area contributed by atoms with E-state index in [4.69, 9.17) is 5.26 Å². The van der Waals surface area contributed by atoms with Crippen LogP contribution in [0.1, 0.15) is 6.92 Å². The molecular formula is C5H6N2O2S. The van der Waals surface area contributed by atoms with Crippen LogP contribution in [0.3, 0.4) is 0 Å². The van der Waals surface area contributed by atoms with Gasteiger partial charge in [-0.2, -0.15) is 5.26 Å². The Kier molecular flexibility index (Phi) is 4.33. The maximum absolute atomic E-state index is 10.1. The molecule has 4 nitrogen and oxygen atoms in total. The maximum Gasteiger partial charge on any atom is 0.252 e. The molecule has 0 saturated carbocycles. The highest BCUT2D eigenvalue weighted by atomic mass is 32.2. The Morgan fingerprint density at radius 1 is 2.00 bits per heavy atom. The highest BCUT2D eigenvalue weighted by molar-refractivity contribution is 8.03. The van der Waals surface area contributed by atoms with Crippen molar-refractivity contribution in [1.82, 2.24) is 0 Å². The quantitative estimate of drug-likeness (QED) is 0.353. The standard InChI is InChI=1S/C5H6N2O2S/c1-2-5(7(8)9)3-10-4-6/h2H,3H2,1H3/b5-2-. The first-order valence-corrected chi connectivity index (χ1v) is 3.51. The third kappa shape index (κ3) is 3.10. The van der Waals surface area contributed by atoms with E-state index in [1.807, 2.05) is 0 Å². The van der Waals surface area contributed by atoms with Crippen molar-refractivity contribution in [3.63, 3.8) is 0 Å². The minimum atomic E-state index is -0.482. The highest BCUT2D eigenvalue weighted by Gasteiger charge is 2.07. The van der Waals surface area contributed by atoms with E-state index in [1.165, 1.54) is 6.08 Å². The molecule has 0 aromatic rings. The molecule has 0 fully saturated rings. The molecule has 0 heterocycles. The van der Waals surface area contributed by atoms with Crippen molar-refractivity contribution < 1.29 is 4.92 Å². The summed E-state index contributed by atoms with van der Waals surface area (Å²) in [6, 6.07) is 0. The molecular weight excluding hydrogens is 152 g/mol. The second-order valence-electron chi connectivity index (χ2n) is 1.42. The van der Waals surface area contributed by atoms with E-state index < -0.39 is 4.92 Å². The normalized spacial score (nSPS) is 10.6. The van der Waals surface area contributed by atoms with Gasteiger partial charge in [-0.25, -0.2) is 0 Å². The van der Waals surface area contributed by atoms with Crippen molar-refractivity contribution in [3.05, 3.63) is 21.9 Å². The third-order valence-corrected chi connectivity index (χ3v) is 1.42. The second-order valence-corrected chi connectivity index (χ2v) is 2.18. The van der Waals surface area contributed by atoms with Gasteiger partial charge in [-0.15, -0.1) is 0 Å². The van der Waals surface area contributed by atoms with Gasteiger partial charge in [0, 0.05) is 0 Å². The van der Waals surface area contributed by atoms with Crippen LogP contribution in [-0.2, 0) is 0 Å². The second kappa shape index (κ2) is 4.82. The van der Waals surface area contributed by atoms with Crippen LogP contribution in [0, 0.1) is 20.8 Å². The summed E-state index contributed by atoms with van der Waals surface area (Å²) >= 11 is 0.865. The van der Waals surface area contributed by atoms with Gasteiger partial charge in [0.2, 0.25) is 0 Å². The Morgan fingerprint density at radius 2 is 2.60 bits per heavy atom. The van der Waals surface area contributed by atoms with Crippen molar-refractivity contribution in [1.29, 1.82) is 5.26 Å². The van der Waals surface area contributed by atoms with E-state index in [9.17, 15) is 10.1 Å². The van der Waals surface area contributed by atoms with Gasteiger partial charge < -0.3 is 0 Å². The number of nitrogens with zero attached hydrogens (tertiary/aromatic N) is 2. The fourth-order valence-corrected chi connectivity index (χ4v) is 0.832. The van der Waals surface area contributed by atoms with Crippen LogP contribution in [0.15, 0.2) is 11.8 Å². The van der Waals surface area contributed by atoms with E-state index in [-0.39, 0.29) is 11.4 Å². The lowest BCUT2D eigenvalue weighted by Gasteiger charge is -1.89. The predicted molar refractivity (Wildman–Crippen MR) is 38.8 cm³/mol. The first kappa shape index (κ1) is 8.98. The van der Waals surface area contributed by atoms with Gasteiger partial charge in [0.1, 0.15) is 5.40 Å². The minimum Gasteiger partial charge on any atom is -0.259 e. The molecule has 0 radical (unpaired) electrons. The van der Waals surface area contributed by atoms with Gasteiger partial charge in [-0.1, -0.05) is 0 Å². The molecule has 5 heteroatoms. The molecule has 0 amide bonds. The van der Waals surface area contributed by atoms with Crippen molar-refractivity contribution >= 4 is 11.8 Å². The van der Waals surface area contributed by atoms with Crippen LogP contribution in [0.2, 0.25) is 0 Å². The SMILES string of the molecule is C/C=C(/CSC#N)[N+](=O)[O-].